The summed E-state index contributed by atoms with van der Waals surface area (Å²) in [6, 6.07) is 1.43. The van der Waals surface area contributed by atoms with E-state index in [1.165, 1.54) is 18.5 Å². The van der Waals surface area contributed by atoms with Gasteiger partial charge in [-0.25, -0.2) is 4.39 Å². The molecule has 1 atom stereocenters. The lowest BCUT2D eigenvalue weighted by Crippen LogP contribution is -2.12. The van der Waals surface area contributed by atoms with Crippen molar-refractivity contribution in [2.45, 2.75) is 26.0 Å². The molecule has 2 heterocycles. The van der Waals surface area contributed by atoms with Gasteiger partial charge in [0.05, 0.1) is 23.1 Å². The van der Waals surface area contributed by atoms with Gasteiger partial charge in [-0.15, -0.1) is 0 Å². The maximum Gasteiger partial charge on any atom is 0.147 e. The van der Waals surface area contributed by atoms with E-state index in [1.807, 2.05) is 6.92 Å². The number of hydrogen-bond donors (Lipinski definition) is 1. The largest absolute Gasteiger partial charge is 0.382 e. The van der Waals surface area contributed by atoms with Crippen LogP contribution < -0.4 is 0 Å². The van der Waals surface area contributed by atoms with Gasteiger partial charge >= 0.3 is 0 Å². The molecule has 0 fully saturated rings. The Hall–Kier alpha value is -1.46. The van der Waals surface area contributed by atoms with Gasteiger partial charge in [0.1, 0.15) is 11.9 Å². The topological polar surface area (TPSA) is 50.9 Å². The van der Waals surface area contributed by atoms with Crippen LogP contribution in [0.5, 0.6) is 0 Å². The molecule has 1 unspecified atom stereocenters. The van der Waals surface area contributed by atoms with Crippen molar-refractivity contribution in [3.05, 3.63) is 46.8 Å². The number of pyridine rings is 1. The van der Waals surface area contributed by atoms with Crippen LogP contribution in [-0.2, 0) is 6.54 Å². The van der Waals surface area contributed by atoms with Crippen molar-refractivity contribution in [2.24, 2.45) is 0 Å². The minimum atomic E-state index is -1.14. The van der Waals surface area contributed by atoms with Crippen LogP contribution in [0.3, 0.4) is 0 Å². The Balaban J connectivity index is 2.42. The summed E-state index contributed by atoms with van der Waals surface area (Å²) >= 11 is 6.00. The summed E-state index contributed by atoms with van der Waals surface area (Å²) in [6.07, 6.45) is 3.64. The van der Waals surface area contributed by atoms with E-state index in [2.05, 4.69) is 10.1 Å². The molecule has 0 aliphatic heterocycles. The van der Waals surface area contributed by atoms with Crippen molar-refractivity contribution in [2.75, 3.05) is 0 Å². The van der Waals surface area contributed by atoms with E-state index in [0.29, 0.717) is 17.3 Å². The first kappa shape index (κ1) is 13.0. The number of halogens is 2. The lowest BCUT2D eigenvalue weighted by Gasteiger charge is -2.14. The molecule has 18 heavy (non-hydrogen) atoms. The Morgan fingerprint density at radius 3 is 2.94 bits per heavy atom. The SMILES string of the molecule is CCCn1ncc(Cl)c1C(O)c1ccncc1F. The Labute approximate surface area is 109 Å². The molecule has 0 radical (unpaired) electrons. The van der Waals surface area contributed by atoms with Crippen LogP contribution in [0.1, 0.15) is 30.7 Å². The van der Waals surface area contributed by atoms with Crippen LogP contribution in [-0.4, -0.2) is 19.9 Å². The zero-order chi connectivity index (χ0) is 13.1. The van der Waals surface area contributed by atoms with Gasteiger partial charge in [0.2, 0.25) is 0 Å². The second kappa shape index (κ2) is 5.46. The number of aliphatic hydroxyl groups excluding tert-OH is 1. The summed E-state index contributed by atoms with van der Waals surface area (Å²) in [5, 5.41) is 14.6. The summed E-state index contributed by atoms with van der Waals surface area (Å²) in [5.74, 6) is -0.565. The fourth-order valence-corrected chi connectivity index (χ4v) is 2.03. The van der Waals surface area contributed by atoms with Gasteiger partial charge in [-0.1, -0.05) is 18.5 Å². The van der Waals surface area contributed by atoms with Gasteiger partial charge in [-0.3, -0.25) is 9.67 Å². The van der Waals surface area contributed by atoms with E-state index in [4.69, 9.17) is 11.6 Å². The molecule has 0 amide bonds. The number of hydrogen-bond acceptors (Lipinski definition) is 3. The van der Waals surface area contributed by atoms with Crippen LogP contribution in [0.4, 0.5) is 4.39 Å². The van der Waals surface area contributed by atoms with Gasteiger partial charge in [0.25, 0.3) is 0 Å². The maximum absolute atomic E-state index is 13.6. The van der Waals surface area contributed by atoms with Crippen LogP contribution in [0.15, 0.2) is 24.7 Å². The van der Waals surface area contributed by atoms with Gasteiger partial charge in [-0.2, -0.15) is 5.10 Å². The first-order valence-electron chi connectivity index (χ1n) is 5.63. The third kappa shape index (κ3) is 2.37. The van der Waals surface area contributed by atoms with Gasteiger partial charge < -0.3 is 5.11 Å². The lowest BCUT2D eigenvalue weighted by atomic mass is 10.1. The predicted octanol–water partition coefficient (Wildman–Crippen LogP) is 2.56. The summed E-state index contributed by atoms with van der Waals surface area (Å²) in [6.45, 7) is 2.60. The average Bonchev–Trinajstić information content (AvgIpc) is 2.71. The molecular formula is C12H13ClFN3O. The van der Waals surface area contributed by atoms with Gasteiger partial charge in [-0.05, 0) is 12.5 Å². The highest BCUT2D eigenvalue weighted by Crippen LogP contribution is 2.29. The van der Waals surface area contributed by atoms with E-state index in [0.717, 1.165) is 12.6 Å². The first-order valence-corrected chi connectivity index (χ1v) is 6.01. The van der Waals surface area contributed by atoms with Crippen molar-refractivity contribution < 1.29 is 9.50 Å². The van der Waals surface area contributed by atoms with Gasteiger partial charge in [0.15, 0.2) is 0 Å². The standard InChI is InChI=1S/C12H13ClFN3O/c1-2-5-17-11(9(13)6-16-17)12(18)8-3-4-15-7-10(8)14/h3-4,6-7,12,18H,2,5H2,1H3. The van der Waals surface area contributed by atoms with E-state index in [9.17, 15) is 9.50 Å². The predicted molar refractivity (Wildman–Crippen MR) is 65.8 cm³/mol. The molecule has 2 aromatic rings. The zero-order valence-electron chi connectivity index (χ0n) is 9.85. The summed E-state index contributed by atoms with van der Waals surface area (Å²) in [7, 11) is 0. The molecule has 2 rings (SSSR count). The molecule has 0 aliphatic carbocycles. The van der Waals surface area contributed by atoms with E-state index in [-0.39, 0.29) is 5.56 Å². The van der Waals surface area contributed by atoms with Crippen molar-refractivity contribution in [3.8, 4) is 0 Å². The maximum atomic E-state index is 13.6. The minimum absolute atomic E-state index is 0.143. The minimum Gasteiger partial charge on any atom is -0.382 e. The molecule has 0 spiro atoms. The Bertz CT molecular complexity index is 544. The molecular weight excluding hydrogens is 257 g/mol. The second-order valence-electron chi connectivity index (χ2n) is 3.90. The average molecular weight is 270 g/mol. The van der Waals surface area contributed by atoms with Crippen molar-refractivity contribution in [1.29, 1.82) is 0 Å². The van der Waals surface area contributed by atoms with Crippen molar-refractivity contribution in [1.82, 2.24) is 14.8 Å². The Morgan fingerprint density at radius 1 is 1.50 bits per heavy atom. The molecule has 0 aromatic carbocycles. The van der Waals surface area contributed by atoms with Crippen LogP contribution in [0.25, 0.3) is 0 Å². The second-order valence-corrected chi connectivity index (χ2v) is 4.31. The lowest BCUT2D eigenvalue weighted by molar-refractivity contribution is 0.202. The number of aromatic nitrogens is 3. The zero-order valence-corrected chi connectivity index (χ0v) is 10.6. The van der Waals surface area contributed by atoms with E-state index < -0.39 is 11.9 Å². The monoisotopic (exact) mass is 269 g/mol. The third-order valence-electron chi connectivity index (χ3n) is 2.63. The summed E-state index contributed by atoms with van der Waals surface area (Å²) in [5.41, 5.74) is 0.549. The smallest absolute Gasteiger partial charge is 0.147 e. The fraction of sp³-hybridized carbons (Fsp3) is 0.333. The molecule has 0 saturated carbocycles. The highest BCUT2D eigenvalue weighted by atomic mass is 35.5. The molecule has 1 N–H and O–H groups in total. The number of aryl methyl sites for hydroxylation is 1. The molecule has 96 valence electrons. The third-order valence-corrected chi connectivity index (χ3v) is 2.92. The van der Waals surface area contributed by atoms with Crippen LogP contribution in [0, 0.1) is 5.82 Å². The Morgan fingerprint density at radius 2 is 2.28 bits per heavy atom. The highest BCUT2D eigenvalue weighted by molar-refractivity contribution is 6.31. The molecule has 2 aromatic heterocycles. The molecule has 0 aliphatic rings. The Kier molecular flexibility index (Phi) is 3.93. The summed E-state index contributed by atoms with van der Waals surface area (Å²) in [4.78, 5) is 3.65. The number of aliphatic hydroxyl groups is 1. The van der Waals surface area contributed by atoms with E-state index in [1.54, 1.807) is 4.68 Å². The summed E-state index contributed by atoms with van der Waals surface area (Å²) < 4.78 is 15.2. The van der Waals surface area contributed by atoms with Crippen LogP contribution >= 0.6 is 11.6 Å². The number of nitrogens with zero attached hydrogens (tertiary/aromatic N) is 3. The highest BCUT2D eigenvalue weighted by Gasteiger charge is 2.22. The first-order chi connectivity index (χ1) is 8.65. The molecule has 4 nitrogen and oxygen atoms in total. The normalized spacial score (nSPS) is 12.7. The quantitative estimate of drug-likeness (QED) is 0.928. The molecule has 0 bridgehead atoms. The van der Waals surface area contributed by atoms with Crippen molar-refractivity contribution in [3.63, 3.8) is 0 Å². The van der Waals surface area contributed by atoms with Crippen molar-refractivity contribution >= 4 is 11.6 Å². The van der Waals surface area contributed by atoms with Gasteiger partial charge in [0, 0.05) is 18.3 Å². The molecule has 6 heteroatoms. The molecule has 0 saturated heterocycles. The number of rotatable bonds is 4. The van der Waals surface area contributed by atoms with E-state index >= 15 is 0 Å². The van der Waals surface area contributed by atoms with Crippen LogP contribution in [0.2, 0.25) is 5.02 Å². The fourth-order valence-electron chi connectivity index (χ4n) is 1.79.